The maximum absolute atomic E-state index is 13.4. The summed E-state index contributed by atoms with van der Waals surface area (Å²) >= 11 is 0. The quantitative estimate of drug-likeness (QED) is 0.701. The van der Waals surface area contributed by atoms with Crippen molar-refractivity contribution >= 4 is 11.7 Å². The summed E-state index contributed by atoms with van der Waals surface area (Å²) in [5.74, 6) is -1.41. The number of rotatable bonds is 5. The Bertz CT molecular complexity index is 925. The van der Waals surface area contributed by atoms with Gasteiger partial charge in [-0.15, -0.1) is 5.10 Å². The fraction of sp³-hybridized carbons (Fsp3) is 0.250. The van der Waals surface area contributed by atoms with Crippen LogP contribution in [0.5, 0.6) is 0 Å². The van der Waals surface area contributed by atoms with Gasteiger partial charge < -0.3 is 10.1 Å². The predicted octanol–water partition coefficient (Wildman–Crippen LogP) is 2.19. The molecule has 0 radical (unpaired) electrons. The molecule has 136 valence electrons. The maximum atomic E-state index is 13.4. The third kappa shape index (κ3) is 3.64. The highest BCUT2D eigenvalue weighted by molar-refractivity contribution is 5.90. The molecule has 3 rings (SSSR count). The van der Waals surface area contributed by atoms with Gasteiger partial charge >= 0.3 is 6.18 Å². The maximum Gasteiger partial charge on any atom is 0.433 e. The zero-order valence-corrected chi connectivity index (χ0v) is 13.6. The molecular formula is C16H14F3N5O2. The van der Waals surface area contributed by atoms with Crippen molar-refractivity contribution in [2.75, 3.05) is 20.3 Å². The largest absolute Gasteiger partial charge is 0.433 e. The number of carbonyl (C=O) groups excluding carboxylic acids is 1. The van der Waals surface area contributed by atoms with Crippen molar-refractivity contribution in [3.05, 3.63) is 47.9 Å². The van der Waals surface area contributed by atoms with Gasteiger partial charge in [0, 0.05) is 19.2 Å². The van der Waals surface area contributed by atoms with Crippen LogP contribution in [0.3, 0.4) is 0 Å². The summed E-state index contributed by atoms with van der Waals surface area (Å²) in [6, 6.07) is 9.26. The molecule has 0 spiro atoms. The first-order chi connectivity index (χ1) is 12.4. The van der Waals surface area contributed by atoms with Gasteiger partial charge in [-0.1, -0.05) is 30.3 Å². The number of fused-ring (bicyclic) bond motifs is 1. The summed E-state index contributed by atoms with van der Waals surface area (Å²) in [6.45, 7) is 0.434. The van der Waals surface area contributed by atoms with Gasteiger partial charge in [-0.3, -0.25) is 4.79 Å². The molecule has 0 bridgehead atoms. The van der Waals surface area contributed by atoms with E-state index in [1.807, 2.05) is 0 Å². The van der Waals surface area contributed by atoms with E-state index in [0.29, 0.717) is 10.1 Å². The van der Waals surface area contributed by atoms with Crippen LogP contribution in [-0.4, -0.2) is 45.8 Å². The Morgan fingerprint density at radius 1 is 1.23 bits per heavy atom. The highest BCUT2D eigenvalue weighted by atomic mass is 19.4. The number of alkyl halides is 3. The van der Waals surface area contributed by atoms with Crippen LogP contribution < -0.4 is 5.32 Å². The first-order valence-electron chi connectivity index (χ1n) is 7.57. The van der Waals surface area contributed by atoms with Crippen molar-refractivity contribution in [2.45, 2.75) is 6.18 Å². The Hall–Kier alpha value is -3.01. The summed E-state index contributed by atoms with van der Waals surface area (Å²) in [5, 5.41) is 6.12. The predicted molar refractivity (Wildman–Crippen MR) is 85.4 cm³/mol. The number of nitrogens with one attached hydrogen (secondary N) is 1. The van der Waals surface area contributed by atoms with E-state index in [1.54, 1.807) is 30.3 Å². The molecule has 2 aromatic heterocycles. The average Bonchev–Trinajstić information content (AvgIpc) is 3.05. The lowest BCUT2D eigenvalue weighted by Crippen LogP contribution is -2.28. The van der Waals surface area contributed by atoms with Gasteiger partial charge in [0.15, 0.2) is 5.69 Å². The van der Waals surface area contributed by atoms with E-state index in [9.17, 15) is 18.0 Å². The second kappa shape index (κ2) is 7.08. The molecular weight excluding hydrogens is 351 g/mol. The second-order valence-corrected chi connectivity index (χ2v) is 5.29. The summed E-state index contributed by atoms with van der Waals surface area (Å²) in [7, 11) is 1.46. The van der Waals surface area contributed by atoms with Crippen molar-refractivity contribution in [1.82, 2.24) is 24.9 Å². The number of nitrogens with zero attached hydrogens (tertiary/aromatic N) is 4. The van der Waals surface area contributed by atoms with E-state index in [-0.39, 0.29) is 24.6 Å². The van der Waals surface area contributed by atoms with Gasteiger partial charge in [0.05, 0.1) is 12.3 Å². The number of amides is 1. The minimum atomic E-state index is -4.69. The fourth-order valence-corrected chi connectivity index (χ4v) is 2.27. The molecule has 0 aliphatic carbocycles. The summed E-state index contributed by atoms with van der Waals surface area (Å²) in [6.07, 6.45) is -4.69. The van der Waals surface area contributed by atoms with Gasteiger partial charge in [-0.2, -0.15) is 22.7 Å². The van der Waals surface area contributed by atoms with Gasteiger partial charge in [0.2, 0.25) is 5.82 Å². The van der Waals surface area contributed by atoms with Gasteiger partial charge in [-0.05, 0) is 6.07 Å². The van der Waals surface area contributed by atoms with Crippen LogP contribution in [-0.2, 0) is 10.9 Å². The van der Waals surface area contributed by atoms with Crippen molar-refractivity contribution in [1.29, 1.82) is 0 Å². The molecule has 2 heterocycles. The minimum absolute atomic E-state index is 0.0872. The Balaban J connectivity index is 2.07. The first-order valence-corrected chi connectivity index (χ1v) is 7.57. The molecule has 0 aliphatic rings. The number of hydrogen-bond acceptors (Lipinski definition) is 5. The minimum Gasteiger partial charge on any atom is -0.383 e. The average molecular weight is 365 g/mol. The van der Waals surface area contributed by atoms with Gasteiger partial charge in [-0.25, -0.2) is 4.98 Å². The molecule has 0 fully saturated rings. The second-order valence-electron chi connectivity index (χ2n) is 5.29. The number of carbonyl (C=O) groups is 1. The molecule has 1 amide bonds. The Kier molecular flexibility index (Phi) is 4.85. The monoisotopic (exact) mass is 365 g/mol. The molecule has 0 aliphatic heterocycles. The highest BCUT2D eigenvalue weighted by Crippen LogP contribution is 2.31. The van der Waals surface area contributed by atoms with E-state index in [0.717, 1.165) is 6.07 Å². The standard InChI is InChI=1S/C16H14F3N5O2/c1-26-8-7-20-14(25)13-22-15-21-11(10-5-3-2-4-6-10)9-12(16(17,18)19)24(15)23-13/h2-6,9H,7-8H2,1H3,(H,20,25). The van der Waals surface area contributed by atoms with E-state index in [4.69, 9.17) is 4.74 Å². The molecule has 1 aromatic carbocycles. The van der Waals surface area contributed by atoms with Crippen LogP contribution in [0.25, 0.3) is 17.0 Å². The van der Waals surface area contributed by atoms with Gasteiger partial charge in [0.25, 0.3) is 11.7 Å². The van der Waals surface area contributed by atoms with Crippen molar-refractivity contribution in [2.24, 2.45) is 0 Å². The third-order valence-corrected chi connectivity index (χ3v) is 3.47. The van der Waals surface area contributed by atoms with Crippen LogP contribution >= 0.6 is 0 Å². The smallest absolute Gasteiger partial charge is 0.383 e. The summed E-state index contributed by atoms with van der Waals surface area (Å²) < 4.78 is 45.6. The van der Waals surface area contributed by atoms with Crippen LogP contribution in [0.15, 0.2) is 36.4 Å². The highest BCUT2D eigenvalue weighted by Gasteiger charge is 2.36. The van der Waals surface area contributed by atoms with E-state index < -0.39 is 23.6 Å². The number of halogens is 3. The Morgan fingerprint density at radius 2 is 1.96 bits per heavy atom. The van der Waals surface area contributed by atoms with E-state index >= 15 is 0 Å². The van der Waals surface area contributed by atoms with Crippen LogP contribution in [0.2, 0.25) is 0 Å². The number of methoxy groups -OCH3 is 1. The normalized spacial score (nSPS) is 11.7. The molecule has 10 heteroatoms. The number of benzene rings is 1. The van der Waals surface area contributed by atoms with E-state index in [1.165, 1.54) is 7.11 Å². The van der Waals surface area contributed by atoms with Crippen molar-refractivity contribution in [3.8, 4) is 11.3 Å². The third-order valence-electron chi connectivity index (χ3n) is 3.47. The van der Waals surface area contributed by atoms with Crippen molar-refractivity contribution in [3.63, 3.8) is 0 Å². The molecule has 26 heavy (non-hydrogen) atoms. The molecule has 0 saturated carbocycles. The SMILES string of the molecule is COCCNC(=O)c1nc2nc(-c3ccccc3)cc(C(F)(F)F)n2n1. The summed E-state index contributed by atoms with van der Waals surface area (Å²) in [5.41, 5.74) is -0.483. The van der Waals surface area contributed by atoms with Crippen LogP contribution in [0.1, 0.15) is 16.3 Å². The van der Waals surface area contributed by atoms with Crippen LogP contribution in [0, 0.1) is 0 Å². The molecule has 0 atom stereocenters. The van der Waals surface area contributed by atoms with Gasteiger partial charge in [0.1, 0.15) is 0 Å². The lowest BCUT2D eigenvalue weighted by atomic mass is 10.1. The van der Waals surface area contributed by atoms with Crippen molar-refractivity contribution < 1.29 is 22.7 Å². The molecule has 0 unspecified atom stereocenters. The topological polar surface area (TPSA) is 81.4 Å². The number of ether oxygens (including phenoxy) is 1. The zero-order chi connectivity index (χ0) is 18.7. The zero-order valence-electron chi connectivity index (χ0n) is 13.6. The molecule has 0 saturated heterocycles. The number of hydrogen-bond donors (Lipinski definition) is 1. The van der Waals surface area contributed by atoms with Crippen LogP contribution in [0.4, 0.5) is 13.2 Å². The molecule has 7 nitrogen and oxygen atoms in total. The lowest BCUT2D eigenvalue weighted by molar-refractivity contribution is -0.142. The molecule has 1 N–H and O–H groups in total. The first kappa shape index (κ1) is 17.8. The molecule has 3 aromatic rings. The lowest BCUT2D eigenvalue weighted by Gasteiger charge is -2.10. The number of aromatic nitrogens is 4. The Morgan fingerprint density at radius 3 is 2.62 bits per heavy atom. The fourth-order valence-electron chi connectivity index (χ4n) is 2.27. The summed E-state index contributed by atoms with van der Waals surface area (Å²) in [4.78, 5) is 19.9. The Labute approximate surface area is 145 Å². The van der Waals surface area contributed by atoms with E-state index in [2.05, 4.69) is 20.4 Å².